The molecule has 0 fully saturated rings. The van der Waals surface area contributed by atoms with Gasteiger partial charge in [0.05, 0.1) is 10.5 Å². The minimum Gasteiger partial charge on any atom is -0.452 e. The maximum Gasteiger partial charge on any atom is 0.338 e. The Morgan fingerprint density at radius 1 is 1.14 bits per heavy atom. The second kappa shape index (κ2) is 8.75. The number of fused-ring (bicyclic) bond motifs is 1. The molecule has 1 heterocycles. The van der Waals surface area contributed by atoms with Gasteiger partial charge in [-0.15, -0.1) is 0 Å². The van der Waals surface area contributed by atoms with Crippen LogP contribution in [0.4, 0.5) is 5.69 Å². The van der Waals surface area contributed by atoms with E-state index < -0.39 is 22.6 Å². The number of carbonyl (C=O) groups is 2. The summed E-state index contributed by atoms with van der Waals surface area (Å²) >= 11 is 0. The van der Waals surface area contributed by atoms with E-state index in [9.17, 15) is 18.0 Å². The third-order valence-corrected chi connectivity index (χ3v) is 6.17. The zero-order valence-corrected chi connectivity index (χ0v) is 17.2. The normalized spacial score (nSPS) is 13.8. The Bertz CT molecular complexity index is 1020. The third kappa shape index (κ3) is 5.02. The van der Waals surface area contributed by atoms with Gasteiger partial charge in [-0.3, -0.25) is 4.79 Å². The molecule has 7 nitrogen and oxygen atoms in total. The highest BCUT2D eigenvalue weighted by molar-refractivity contribution is 7.89. The summed E-state index contributed by atoms with van der Waals surface area (Å²) < 4.78 is 32.2. The molecule has 0 aromatic heterocycles. The molecule has 0 saturated carbocycles. The van der Waals surface area contributed by atoms with Crippen molar-refractivity contribution in [3.05, 3.63) is 59.7 Å². The monoisotopic (exact) mass is 416 g/mol. The number of nitrogens with zero attached hydrogens (tertiary/aromatic N) is 1. The van der Waals surface area contributed by atoms with Gasteiger partial charge in [0, 0.05) is 18.3 Å². The number of para-hydroxylation sites is 1. The topological polar surface area (TPSA) is 92.8 Å². The van der Waals surface area contributed by atoms with Gasteiger partial charge in [-0.05, 0) is 56.5 Å². The van der Waals surface area contributed by atoms with Gasteiger partial charge in [0.2, 0.25) is 10.0 Å². The van der Waals surface area contributed by atoms with E-state index >= 15 is 0 Å². The molecule has 0 saturated heterocycles. The van der Waals surface area contributed by atoms with Crippen molar-refractivity contribution in [2.75, 3.05) is 18.1 Å². The number of hydrogen-bond donors (Lipinski definition) is 1. The lowest BCUT2D eigenvalue weighted by molar-refractivity contribution is -0.121. The number of esters is 1. The van der Waals surface area contributed by atoms with E-state index in [1.54, 1.807) is 18.7 Å². The average Bonchev–Trinajstić information content (AvgIpc) is 2.70. The second-order valence-corrected chi connectivity index (χ2v) is 8.87. The number of hydrogen-bond acceptors (Lipinski definition) is 5. The van der Waals surface area contributed by atoms with Gasteiger partial charge in [0.15, 0.2) is 6.61 Å². The number of ether oxygens (including phenoxy) is 1. The van der Waals surface area contributed by atoms with Crippen molar-refractivity contribution < 1.29 is 22.7 Å². The summed E-state index contributed by atoms with van der Waals surface area (Å²) in [6.07, 6.45) is 1.75. The van der Waals surface area contributed by atoms with E-state index in [1.807, 2.05) is 24.3 Å². The fourth-order valence-corrected chi connectivity index (χ4v) is 4.55. The molecule has 0 aliphatic carbocycles. The molecule has 2 aromatic carbocycles. The van der Waals surface area contributed by atoms with Gasteiger partial charge < -0.3 is 9.64 Å². The van der Waals surface area contributed by atoms with E-state index in [-0.39, 0.29) is 22.4 Å². The van der Waals surface area contributed by atoms with Crippen molar-refractivity contribution in [2.24, 2.45) is 0 Å². The number of rotatable bonds is 6. The van der Waals surface area contributed by atoms with E-state index in [4.69, 9.17) is 4.74 Å². The zero-order chi connectivity index (χ0) is 21.0. The molecule has 0 unspecified atom stereocenters. The Morgan fingerprint density at radius 2 is 1.90 bits per heavy atom. The maximum atomic E-state index is 12.6. The summed E-state index contributed by atoms with van der Waals surface area (Å²) in [5, 5.41) is 0. The Labute approximate surface area is 170 Å². The average molecular weight is 416 g/mol. The molecule has 29 heavy (non-hydrogen) atoms. The van der Waals surface area contributed by atoms with E-state index in [2.05, 4.69) is 4.72 Å². The Hall–Kier alpha value is -2.71. The van der Waals surface area contributed by atoms with Crippen molar-refractivity contribution >= 4 is 27.6 Å². The molecule has 1 N–H and O–H groups in total. The summed E-state index contributed by atoms with van der Waals surface area (Å²) in [7, 11) is -3.73. The number of nitrogens with one attached hydrogen (secondary N) is 1. The highest BCUT2D eigenvalue weighted by Gasteiger charge is 2.24. The fraction of sp³-hybridized carbons (Fsp3) is 0.333. The largest absolute Gasteiger partial charge is 0.452 e. The number of carbonyl (C=O) groups excluding carboxylic acids is 2. The first-order valence-electron chi connectivity index (χ1n) is 9.46. The van der Waals surface area contributed by atoms with Gasteiger partial charge >= 0.3 is 5.97 Å². The van der Waals surface area contributed by atoms with Gasteiger partial charge in [0.25, 0.3) is 5.91 Å². The maximum absolute atomic E-state index is 12.6. The van der Waals surface area contributed by atoms with Crippen LogP contribution in [0.5, 0.6) is 0 Å². The van der Waals surface area contributed by atoms with Crippen LogP contribution in [0.25, 0.3) is 0 Å². The van der Waals surface area contributed by atoms with E-state index in [0.717, 1.165) is 24.1 Å². The van der Waals surface area contributed by atoms with Crippen LogP contribution < -0.4 is 9.62 Å². The summed E-state index contributed by atoms with van der Waals surface area (Å²) in [6.45, 7) is 3.58. The summed E-state index contributed by atoms with van der Waals surface area (Å²) in [5.74, 6) is -1.05. The van der Waals surface area contributed by atoms with Crippen molar-refractivity contribution in [3.63, 3.8) is 0 Å². The first kappa shape index (κ1) is 21.0. The number of benzene rings is 2. The highest BCUT2D eigenvalue weighted by Crippen LogP contribution is 2.26. The van der Waals surface area contributed by atoms with Crippen molar-refractivity contribution in [1.29, 1.82) is 0 Å². The number of anilines is 1. The smallest absolute Gasteiger partial charge is 0.338 e. The van der Waals surface area contributed by atoms with Gasteiger partial charge in [-0.2, -0.15) is 0 Å². The minimum absolute atomic E-state index is 0.0306. The molecule has 0 atom stereocenters. The summed E-state index contributed by atoms with van der Waals surface area (Å²) in [6, 6.07) is 13.0. The third-order valence-electron chi connectivity index (χ3n) is 4.51. The highest BCUT2D eigenvalue weighted by atomic mass is 32.2. The van der Waals surface area contributed by atoms with Crippen LogP contribution in [0.1, 0.15) is 36.2 Å². The molecule has 2 aromatic rings. The summed E-state index contributed by atoms with van der Waals surface area (Å²) in [4.78, 5) is 26.6. The lowest BCUT2D eigenvalue weighted by atomic mass is 10.0. The predicted molar refractivity (Wildman–Crippen MR) is 109 cm³/mol. The molecule has 0 spiro atoms. The zero-order valence-electron chi connectivity index (χ0n) is 16.4. The van der Waals surface area contributed by atoms with E-state index in [0.29, 0.717) is 6.54 Å². The van der Waals surface area contributed by atoms with Crippen LogP contribution in [-0.2, 0) is 26.0 Å². The molecule has 1 aliphatic heterocycles. The van der Waals surface area contributed by atoms with Crippen LogP contribution in [0.2, 0.25) is 0 Å². The number of sulfonamides is 1. The Morgan fingerprint density at radius 3 is 2.66 bits per heavy atom. The SMILES string of the molecule is CC(C)NS(=O)(=O)c1cccc(C(=O)OCC(=O)N2CCCc3ccccc32)c1. The van der Waals surface area contributed by atoms with Gasteiger partial charge in [0.1, 0.15) is 0 Å². The fourth-order valence-electron chi connectivity index (χ4n) is 3.25. The molecule has 0 radical (unpaired) electrons. The molecule has 0 bridgehead atoms. The predicted octanol–water partition coefficient (Wildman–Crippen LogP) is 2.51. The molecule has 1 aliphatic rings. The number of amides is 1. The molecular formula is C21H24N2O5S. The second-order valence-electron chi connectivity index (χ2n) is 7.16. The van der Waals surface area contributed by atoms with Crippen LogP contribution in [0.15, 0.2) is 53.4 Å². The lowest BCUT2D eigenvalue weighted by Gasteiger charge is -2.29. The molecule has 3 rings (SSSR count). The Balaban J connectivity index is 1.67. The van der Waals surface area contributed by atoms with Crippen LogP contribution in [0, 0.1) is 0 Å². The van der Waals surface area contributed by atoms with Gasteiger partial charge in [-0.1, -0.05) is 24.3 Å². The standard InChI is InChI=1S/C21H24N2O5S/c1-15(2)22-29(26,27)18-10-5-8-17(13-18)21(25)28-14-20(24)23-12-6-9-16-7-3-4-11-19(16)23/h3-5,7-8,10-11,13,15,22H,6,9,12,14H2,1-2H3. The first-order valence-corrected chi connectivity index (χ1v) is 10.9. The Kier molecular flexibility index (Phi) is 6.34. The minimum atomic E-state index is -3.73. The van der Waals surface area contributed by atoms with E-state index in [1.165, 1.54) is 24.3 Å². The molecule has 1 amide bonds. The first-order chi connectivity index (χ1) is 13.8. The van der Waals surface area contributed by atoms with Crippen LogP contribution in [0.3, 0.4) is 0 Å². The van der Waals surface area contributed by atoms with Crippen molar-refractivity contribution in [3.8, 4) is 0 Å². The molecule has 8 heteroatoms. The van der Waals surface area contributed by atoms with Crippen LogP contribution >= 0.6 is 0 Å². The van der Waals surface area contributed by atoms with Crippen molar-refractivity contribution in [2.45, 2.75) is 37.6 Å². The molecule has 154 valence electrons. The van der Waals surface area contributed by atoms with Crippen LogP contribution in [-0.4, -0.2) is 39.5 Å². The quantitative estimate of drug-likeness (QED) is 0.731. The lowest BCUT2D eigenvalue weighted by Crippen LogP contribution is -2.38. The van der Waals surface area contributed by atoms with Gasteiger partial charge in [-0.25, -0.2) is 17.9 Å². The number of aryl methyl sites for hydroxylation is 1. The molecular weight excluding hydrogens is 392 g/mol. The van der Waals surface area contributed by atoms with Crippen molar-refractivity contribution in [1.82, 2.24) is 4.72 Å². The summed E-state index contributed by atoms with van der Waals surface area (Å²) in [5.41, 5.74) is 2.00.